The molecule has 0 saturated heterocycles. The molecule has 0 bridgehead atoms. The van der Waals surface area contributed by atoms with Crippen molar-refractivity contribution in [2.24, 2.45) is 0 Å². The number of hydrogen-bond donors (Lipinski definition) is 1. The molecule has 1 heterocycles. The van der Waals surface area contributed by atoms with Gasteiger partial charge in [-0.3, -0.25) is 0 Å². The molecule has 0 fully saturated rings. The van der Waals surface area contributed by atoms with E-state index in [1.165, 1.54) is 0 Å². The second-order valence-corrected chi connectivity index (χ2v) is 4.45. The molecule has 0 aromatic heterocycles. The van der Waals surface area contributed by atoms with Crippen LogP contribution in [0.5, 0.6) is 5.75 Å². The van der Waals surface area contributed by atoms with Gasteiger partial charge in [0, 0.05) is 17.1 Å². The average Bonchev–Trinajstić information content (AvgIpc) is 2.29. The van der Waals surface area contributed by atoms with Crippen LogP contribution in [0.4, 0.5) is 0 Å². The Labute approximate surface area is 93.6 Å². The van der Waals surface area contributed by atoms with E-state index >= 15 is 0 Å². The molecule has 0 radical (unpaired) electrons. The van der Waals surface area contributed by atoms with E-state index < -0.39 is 6.10 Å². The van der Waals surface area contributed by atoms with E-state index in [2.05, 4.69) is 5.92 Å². The molecule has 0 amide bonds. The number of hydrogen-bond acceptors (Lipinski definition) is 3. The third-order valence-corrected chi connectivity index (χ3v) is 3.43. The predicted octanol–water partition coefficient (Wildman–Crippen LogP) is 1.92. The van der Waals surface area contributed by atoms with Gasteiger partial charge in [0.1, 0.15) is 18.0 Å². The van der Waals surface area contributed by atoms with Crippen LogP contribution in [-0.4, -0.2) is 23.1 Å². The highest BCUT2D eigenvalue weighted by Gasteiger charge is 2.25. The van der Waals surface area contributed by atoms with Gasteiger partial charge in [-0.25, -0.2) is 0 Å². The molecule has 1 N–H and O–H groups in total. The van der Waals surface area contributed by atoms with Gasteiger partial charge < -0.3 is 9.84 Å². The molecule has 0 saturated carbocycles. The fraction of sp³-hybridized carbons (Fsp3) is 0.333. The lowest BCUT2D eigenvalue weighted by molar-refractivity contribution is 0.0500. The van der Waals surface area contributed by atoms with Crippen molar-refractivity contribution in [3.05, 3.63) is 24.3 Å². The summed E-state index contributed by atoms with van der Waals surface area (Å²) in [5.74, 6) is 4.04. The van der Waals surface area contributed by atoms with Gasteiger partial charge in [-0.2, -0.15) is 0 Å². The largest absolute Gasteiger partial charge is 0.486 e. The number of fused-ring (bicyclic) bond motifs is 1. The lowest BCUT2D eigenvalue weighted by Crippen LogP contribution is -2.35. The molecule has 2 nitrogen and oxygen atoms in total. The van der Waals surface area contributed by atoms with E-state index in [1.54, 1.807) is 11.8 Å². The van der Waals surface area contributed by atoms with E-state index in [0.717, 1.165) is 16.4 Å². The van der Waals surface area contributed by atoms with Crippen molar-refractivity contribution in [1.82, 2.24) is 0 Å². The Balaban J connectivity index is 2.09. The number of aliphatic hydroxyl groups is 1. The molecule has 2 atom stereocenters. The number of aliphatic hydroxyl groups excluding tert-OH is 1. The Hall–Kier alpha value is -1.11. The molecule has 2 rings (SSSR count). The van der Waals surface area contributed by atoms with Gasteiger partial charge in [0.05, 0.1) is 0 Å². The topological polar surface area (TPSA) is 29.5 Å². The normalized spacial score (nSPS) is 20.9. The fourth-order valence-corrected chi connectivity index (χ4v) is 2.54. The van der Waals surface area contributed by atoms with Crippen LogP contribution in [0.25, 0.3) is 0 Å². The zero-order valence-corrected chi connectivity index (χ0v) is 9.04. The first-order valence-corrected chi connectivity index (χ1v) is 5.80. The highest BCUT2D eigenvalue weighted by Crippen LogP contribution is 2.35. The van der Waals surface area contributed by atoms with Crippen LogP contribution in [0, 0.1) is 12.3 Å². The standard InChI is InChI=1S/C12H12O2S/c1-2-5-9(13)11-8-15-12-7-4-3-6-10(12)14-11/h1,3-4,6-7,9,11,13H,5,8H2. The van der Waals surface area contributed by atoms with Crippen LogP contribution in [0.2, 0.25) is 0 Å². The van der Waals surface area contributed by atoms with Crippen LogP contribution in [-0.2, 0) is 0 Å². The predicted molar refractivity (Wildman–Crippen MR) is 61.0 cm³/mol. The van der Waals surface area contributed by atoms with Crippen LogP contribution < -0.4 is 4.74 Å². The molecule has 1 aliphatic heterocycles. The second kappa shape index (κ2) is 4.61. The molecule has 15 heavy (non-hydrogen) atoms. The zero-order valence-electron chi connectivity index (χ0n) is 8.22. The summed E-state index contributed by atoms with van der Waals surface area (Å²) in [4.78, 5) is 1.13. The van der Waals surface area contributed by atoms with Crippen molar-refractivity contribution in [1.29, 1.82) is 0 Å². The van der Waals surface area contributed by atoms with Crippen LogP contribution in [0.15, 0.2) is 29.2 Å². The van der Waals surface area contributed by atoms with E-state index in [0.29, 0.717) is 6.42 Å². The smallest absolute Gasteiger partial charge is 0.135 e. The van der Waals surface area contributed by atoms with Crippen molar-refractivity contribution in [2.45, 2.75) is 23.5 Å². The van der Waals surface area contributed by atoms with E-state index in [1.807, 2.05) is 24.3 Å². The van der Waals surface area contributed by atoms with Gasteiger partial charge in [0.25, 0.3) is 0 Å². The number of benzene rings is 1. The first kappa shape index (κ1) is 10.4. The summed E-state index contributed by atoms with van der Waals surface area (Å²) in [7, 11) is 0. The number of thioether (sulfide) groups is 1. The maximum Gasteiger partial charge on any atom is 0.135 e. The fourth-order valence-electron chi connectivity index (χ4n) is 1.48. The highest BCUT2D eigenvalue weighted by atomic mass is 32.2. The molecule has 1 aliphatic rings. The van der Waals surface area contributed by atoms with E-state index in [-0.39, 0.29) is 6.10 Å². The van der Waals surface area contributed by atoms with Gasteiger partial charge in [-0.15, -0.1) is 24.1 Å². The molecule has 1 aromatic rings. The first-order valence-electron chi connectivity index (χ1n) is 4.81. The highest BCUT2D eigenvalue weighted by molar-refractivity contribution is 7.99. The summed E-state index contributed by atoms with van der Waals surface area (Å²) >= 11 is 1.70. The van der Waals surface area contributed by atoms with Gasteiger partial charge >= 0.3 is 0 Å². The number of para-hydroxylation sites is 1. The Morgan fingerprint density at radius 2 is 2.40 bits per heavy atom. The summed E-state index contributed by atoms with van der Waals surface area (Å²) in [5, 5.41) is 9.72. The minimum Gasteiger partial charge on any atom is -0.486 e. The molecule has 0 aliphatic carbocycles. The van der Waals surface area contributed by atoms with Crippen molar-refractivity contribution in [3.63, 3.8) is 0 Å². The lowest BCUT2D eigenvalue weighted by Gasteiger charge is -2.28. The van der Waals surface area contributed by atoms with Crippen molar-refractivity contribution < 1.29 is 9.84 Å². The molecule has 1 aromatic carbocycles. The first-order chi connectivity index (χ1) is 7.31. The summed E-state index contributed by atoms with van der Waals surface area (Å²) in [6.45, 7) is 0. The number of ether oxygens (including phenoxy) is 1. The van der Waals surface area contributed by atoms with Crippen LogP contribution in [0.1, 0.15) is 6.42 Å². The second-order valence-electron chi connectivity index (χ2n) is 3.39. The Morgan fingerprint density at radius 3 is 3.20 bits per heavy atom. The van der Waals surface area contributed by atoms with Crippen LogP contribution in [0.3, 0.4) is 0 Å². The molecule has 0 spiro atoms. The van der Waals surface area contributed by atoms with Crippen molar-refractivity contribution in [3.8, 4) is 18.1 Å². The summed E-state index contributed by atoms with van der Waals surface area (Å²) < 4.78 is 5.68. The summed E-state index contributed by atoms with van der Waals surface area (Å²) in [5.41, 5.74) is 0. The lowest BCUT2D eigenvalue weighted by atomic mass is 10.1. The molecule has 2 unspecified atom stereocenters. The van der Waals surface area contributed by atoms with E-state index in [9.17, 15) is 5.11 Å². The quantitative estimate of drug-likeness (QED) is 0.772. The number of terminal acetylenes is 1. The third-order valence-electron chi connectivity index (χ3n) is 2.29. The Morgan fingerprint density at radius 1 is 1.60 bits per heavy atom. The average molecular weight is 220 g/mol. The van der Waals surface area contributed by atoms with Gasteiger partial charge in [-0.1, -0.05) is 12.1 Å². The maximum atomic E-state index is 9.72. The van der Waals surface area contributed by atoms with E-state index in [4.69, 9.17) is 11.2 Å². The van der Waals surface area contributed by atoms with Crippen molar-refractivity contribution >= 4 is 11.8 Å². The molecular weight excluding hydrogens is 208 g/mol. The van der Waals surface area contributed by atoms with Gasteiger partial charge in [0.2, 0.25) is 0 Å². The molecular formula is C12H12O2S. The van der Waals surface area contributed by atoms with Crippen molar-refractivity contribution in [2.75, 3.05) is 5.75 Å². The zero-order chi connectivity index (χ0) is 10.7. The minimum atomic E-state index is -0.573. The minimum absolute atomic E-state index is 0.194. The third kappa shape index (κ3) is 2.28. The summed E-state index contributed by atoms with van der Waals surface area (Å²) in [6.07, 6.45) is 4.73. The Kier molecular flexibility index (Phi) is 3.20. The van der Waals surface area contributed by atoms with Crippen LogP contribution >= 0.6 is 11.8 Å². The molecule has 3 heteroatoms. The SMILES string of the molecule is C#CCC(O)C1CSc2ccccc2O1. The Bertz CT molecular complexity index is 383. The number of rotatable bonds is 2. The molecule has 78 valence electrons. The van der Waals surface area contributed by atoms with Gasteiger partial charge in [-0.05, 0) is 12.1 Å². The monoisotopic (exact) mass is 220 g/mol. The summed E-state index contributed by atoms with van der Waals surface area (Å²) in [6, 6.07) is 7.84. The maximum absolute atomic E-state index is 9.72. The van der Waals surface area contributed by atoms with Gasteiger partial charge in [0.15, 0.2) is 0 Å².